The lowest BCUT2D eigenvalue weighted by atomic mass is 9.93. The van der Waals surface area contributed by atoms with Gasteiger partial charge in [0.25, 0.3) is 11.8 Å². The second-order valence-electron chi connectivity index (χ2n) is 9.00. The van der Waals surface area contributed by atoms with Crippen molar-refractivity contribution in [2.45, 2.75) is 26.8 Å². The number of hydrogen-bond acceptors (Lipinski definition) is 5. The number of carbonyl (C=O) groups is 2. The molecule has 0 unspecified atom stereocenters. The van der Waals surface area contributed by atoms with Crippen LogP contribution in [0.15, 0.2) is 54.9 Å². The van der Waals surface area contributed by atoms with E-state index >= 15 is 0 Å². The summed E-state index contributed by atoms with van der Waals surface area (Å²) >= 11 is 0. The Labute approximate surface area is 214 Å². The average molecular weight is 497 g/mol. The third kappa shape index (κ3) is 4.81. The summed E-state index contributed by atoms with van der Waals surface area (Å²) in [5, 5.41) is 22.9. The van der Waals surface area contributed by atoms with Gasteiger partial charge in [-0.1, -0.05) is 41.6 Å². The molecule has 0 atom stereocenters. The van der Waals surface area contributed by atoms with Gasteiger partial charge in [-0.3, -0.25) is 14.3 Å². The number of hydrogen-bond donors (Lipinski definition) is 4. The molecule has 5 rings (SSSR count). The molecule has 0 radical (unpaired) electrons. The number of H-pyrrole nitrogens is 1. The molecule has 1 aliphatic rings. The summed E-state index contributed by atoms with van der Waals surface area (Å²) in [4.78, 5) is 29.3. The number of nitrogens with one attached hydrogen (secondary N) is 3. The highest BCUT2D eigenvalue weighted by Gasteiger charge is 2.28. The second kappa shape index (κ2) is 10.2. The summed E-state index contributed by atoms with van der Waals surface area (Å²) in [5.74, 6) is -0.381. The minimum absolute atomic E-state index is 0.0728. The fourth-order valence-corrected chi connectivity index (χ4v) is 4.78. The number of aliphatic hydroxyl groups excluding tert-OH is 1. The summed E-state index contributed by atoms with van der Waals surface area (Å²) < 4.78 is 1.65. The summed E-state index contributed by atoms with van der Waals surface area (Å²) in [7, 11) is 0. The molecule has 1 aliphatic heterocycles. The predicted octanol–water partition coefficient (Wildman–Crippen LogP) is 3.35. The quantitative estimate of drug-likeness (QED) is 0.279. The van der Waals surface area contributed by atoms with Crippen molar-refractivity contribution in [1.82, 2.24) is 25.3 Å². The first-order valence-electron chi connectivity index (χ1n) is 12.1. The Kier molecular flexibility index (Phi) is 6.70. The third-order valence-electron chi connectivity index (χ3n) is 6.56. The van der Waals surface area contributed by atoms with Crippen LogP contribution < -0.4 is 10.6 Å². The van der Waals surface area contributed by atoms with Gasteiger partial charge < -0.3 is 20.7 Å². The van der Waals surface area contributed by atoms with Crippen molar-refractivity contribution in [1.29, 1.82) is 0 Å². The van der Waals surface area contributed by atoms with Gasteiger partial charge in [-0.2, -0.15) is 0 Å². The van der Waals surface area contributed by atoms with E-state index < -0.39 is 0 Å². The van der Waals surface area contributed by atoms with E-state index in [-0.39, 0.29) is 18.4 Å². The number of nitrogens with zero attached hydrogens (tertiary/aromatic N) is 3. The molecule has 4 aromatic rings. The van der Waals surface area contributed by atoms with E-state index in [1.165, 1.54) is 0 Å². The Balaban J connectivity index is 1.47. The maximum atomic E-state index is 13.1. The number of aliphatic hydroxyl groups is 1. The molecule has 2 amide bonds. The molecule has 0 aliphatic carbocycles. The van der Waals surface area contributed by atoms with Crippen molar-refractivity contribution in [3.05, 3.63) is 88.5 Å². The molecule has 9 heteroatoms. The van der Waals surface area contributed by atoms with Crippen LogP contribution in [0.5, 0.6) is 0 Å². The number of fused-ring (bicyclic) bond motifs is 1. The summed E-state index contributed by atoms with van der Waals surface area (Å²) in [5.41, 5.74) is 7.78. The van der Waals surface area contributed by atoms with Crippen LogP contribution in [0.25, 0.3) is 22.8 Å². The number of aromatic amines is 1. The number of aromatic nitrogens is 4. The van der Waals surface area contributed by atoms with Gasteiger partial charge in [0, 0.05) is 42.0 Å². The van der Waals surface area contributed by atoms with Gasteiger partial charge >= 0.3 is 0 Å². The van der Waals surface area contributed by atoms with Gasteiger partial charge in [-0.15, -0.1) is 5.10 Å². The molecule has 2 aromatic heterocycles. The molecule has 0 bridgehead atoms. The van der Waals surface area contributed by atoms with E-state index in [0.717, 1.165) is 39.2 Å². The highest BCUT2D eigenvalue weighted by molar-refractivity contribution is 6.36. The second-order valence-corrected chi connectivity index (χ2v) is 9.00. The number of carbonyl (C=O) groups excluding carboxylic acids is 2. The van der Waals surface area contributed by atoms with Crippen LogP contribution in [0.4, 0.5) is 5.69 Å². The molecule has 3 heterocycles. The lowest BCUT2D eigenvalue weighted by Crippen LogP contribution is -2.28. The summed E-state index contributed by atoms with van der Waals surface area (Å²) in [6, 6.07) is 13.8. The van der Waals surface area contributed by atoms with Crippen LogP contribution in [0, 0.1) is 13.8 Å². The average Bonchev–Trinajstić information content (AvgIpc) is 3.58. The molecule has 4 N–H and O–H groups in total. The lowest BCUT2D eigenvalue weighted by Gasteiger charge is -2.10. The van der Waals surface area contributed by atoms with E-state index in [2.05, 4.69) is 25.9 Å². The number of amides is 2. The van der Waals surface area contributed by atoms with E-state index in [1.807, 2.05) is 62.4 Å². The topological polar surface area (TPSA) is 125 Å². The molecule has 188 valence electrons. The summed E-state index contributed by atoms with van der Waals surface area (Å²) in [6.07, 6.45) is 5.71. The van der Waals surface area contributed by atoms with Crippen molar-refractivity contribution < 1.29 is 14.7 Å². The zero-order chi connectivity index (χ0) is 25.9. The van der Waals surface area contributed by atoms with Gasteiger partial charge in [0.1, 0.15) is 0 Å². The SMILES string of the molecule is Cc1[nH]c(/C=C2\C(=O)Nc3cccc(-c4cccc(CCO)c4)c32)c(C)c1C(=O)NCCn1ccnn1. The standard InChI is InChI=1S/C28H28N6O3/c1-17-24(31-18(2)25(17)28(37)29-10-12-34-13-11-30-33-34)16-22-26-21(7-4-8-23(26)32-27(22)36)20-6-3-5-19(15-20)9-14-35/h3-8,11,13,15-16,31,35H,9-10,12,14H2,1-2H3,(H,29,37)(H,32,36)/b22-16-. The fraction of sp³-hybridized carbons (Fsp3) is 0.214. The lowest BCUT2D eigenvalue weighted by molar-refractivity contribution is -0.110. The van der Waals surface area contributed by atoms with Gasteiger partial charge in [0.05, 0.1) is 23.9 Å². The minimum Gasteiger partial charge on any atom is -0.396 e. The Morgan fingerprint density at radius 2 is 2.03 bits per heavy atom. The van der Waals surface area contributed by atoms with Crippen LogP contribution in [-0.2, 0) is 17.8 Å². The molecule has 0 saturated carbocycles. The van der Waals surface area contributed by atoms with Crippen LogP contribution in [0.2, 0.25) is 0 Å². The van der Waals surface area contributed by atoms with Crippen molar-refractivity contribution in [3.63, 3.8) is 0 Å². The molecule has 9 nitrogen and oxygen atoms in total. The number of aryl methyl sites for hydroxylation is 1. The van der Waals surface area contributed by atoms with E-state index in [1.54, 1.807) is 17.1 Å². The van der Waals surface area contributed by atoms with Crippen molar-refractivity contribution >= 4 is 29.2 Å². The first-order valence-corrected chi connectivity index (χ1v) is 12.1. The predicted molar refractivity (Wildman–Crippen MR) is 142 cm³/mol. The van der Waals surface area contributed by atoms with Gasteiger partial charge in [0.15, 0.2) is 0 Å². The first-order chi connectivity index (χ1) is 18.0. The summed E-state index contributed by atoms with van der Waals surface area (Å²) in [6.45, 7) is 4.73. The van der Waals surface area contributed by atoms with Gasteiger partial charge in [0.2, 0.25) is 0 Å². The van der Waals surface area contributed by atoms with Crippen LogP contribution in [0.3, 0.4) is 0 Å². The molecule has 37 heavy (non-hydrogen) atoms. The van der Waals surface area contributed by atoms with Crippen molar-refractivity contribution in [3.8, 4) is 11.1 Å². The number of rotatable bonds is 8. The van der Waals surface area contributed by atoms with Crippen LogP contribution in [0.1, 0.15) is 38.4 Å². The van der Waals surface area contributed by atoms with Crippen molar-refractivity contribution in [2.75, 3.05) is 18.5 Å². The smallest absolute Gasteiger partial charge is 0.256 e. The largest absolute Gasteiger partial charge is 0.396 e. The monoisotopic (exact) mass is 496 g/mol. The zero-order valence-electron chi connectivity index (χ0n) is 20.7. The van der Waals surface area contributed by atoms with E-state index in [4.69, 9.17) is 0 Å². The highest BCUT2D eigenvalue weighted by Crippen LogP contribution is 2.41. The number of anilines is 1. The van der Waals surface area contributed by atoms with Crippen LogP contribution in [-0.4, -0.2) is 50.1 Å². The molecule has 2 aromatic carbocycles. The normalized spacial score (nSPS) is 13.6. The Morgan fingerprint density at radius 1 is 1.19 bits per heavy atom. The Morgan fingerprint density at radius 3 is 2.81 bits per heavy atom. The minimum atomic E-state index is -0.195. The van der Waals surface area contributed by atoms with Gasteiger partial charge in [-0.05, 0) is 54.7 Å². The van der Waals surface area contributed by atoms with E-state index in [9.17, 15) is 14.7 Å². The first kappa shape index (κ1) is 24.2. The number of benzene rings is 2. The molecule has 0 fully saturated rings. The Hall–Kier alpha value is -4.50. The van der Waals surface area contributed by atoms with Crippen molar-refractivity contribution in [2.24, 2.45) is 0 Å². The molecular weight excluding hydrogens is 468 g/mol. The van der Waals surface area contributed by atoms with Gasteiger partial charge in [-0.25, -0.2) is 0 Å². The maximum absolute atomic E-state index is 13.1. The zero-order valence-corrected chi connectivity index (χ0v) is 20.7. The van der Waals surface area contributed by atoms with E-state index in [0.29, 0.717) is 36.3 Å². The van der Waals surface area contributed by atoms with Crippen LogP contribution >= 0.6 is 0 Å². The Bertz CT molecular complexity index is 1500. The molecule has 0 saturated heterocycles. The molecular formula is C28H28N6O3. The molecule has 0 spiro atoms. The highest BCUT2D eigenvalue weighted by atomic mass is 16.3. The third-order valence-corrected chi connectivity index (χ3v) is 6.56. The fourth-order valence-electron chi connectivity index (χ4n) is 4.78. The maximum Gasteiger partial charge on any atom is 0.256 e.